The summed E-state index contributed by atoms with van der Waals surface area (Å²) in [5.74, 6) is -15.2. The molecule has 0 radical (unpaired) electrons. The first-order valence-electron chi connectivity index (χ1n) is 24.8. The predicted octanol–water partition coefficient (Wildman–Crippen LogP) is -1.50. The first kappa shape index (κ1) is 68.7. The van der Waals surface area contributed by atoms with Crippen molar-refractivity contribution in [3.05, 3.63) is 0 Å². The standard InChI is InChI=1S/C49H66O33/c1-18(50)64-15-32(67-20(3)52)35-38(70-23(6)55)41(73-26(9)58)44(75-28(11)60)47(79-35)66-17-34(69-22(5)54)37-39(71-24(7)56)42(74-27(10)59)45(76-29(12)61)49(81-37)82-43-40(72-25(8)57)36(33(68-21(4)53)16-65-19(2)51)80-48(78-31(14)63)46(43)77-30(13)62/h32-49H,15-17H2,1-14H3/t32-,33-,34-,35+,36+,37+,38+,39+,40+,41-,42-,43-,44-,45-,46-,47-,48-,49+/m0/s1. The van der Waals surface area contributed by atoms with E-state index in [1.165, 1.54) is 0 Å². The van der Waals surface area contributed by atoms with Crippen LogP contribution in [0.2, 0.25) is 0 Å². The quantitative estimate of drug-likeness (QED) is 0.0784. The molecule has 460 valence electrons. The highest BCUT2D eigenvalue weighted by Gasteiger charge is 2.62. The fourth-order valence-corrected chi connectivity index (χ4v) is 8.61. The van der Waals surface area contributed by atoms with E-state index in [1.807, 2.05) is 0 Å². The molecule has 0 bridgehead atoms. The zero-order chi connectivity index (χ0) is 62.0. The first-order valence-corrected chi connectivity index (χ1v) is 24.8. The van der Waals surface area contributed by atoms with Gasteiger partial charge in [-0.25, -0.2) is 0 Å². The van der Waals surface area contributed by atoms with Crippen molar-refractivity contribution in [3.63, 3.8) is 0 Å². The number of ether oxygens (including phenoxy) is 19. The summed E-state index contributed by atoms with van der Waals surface area (Å²) in [5, 5.41) is 0. The number of rotatable bonds is 24. The van der Waals surface area contributed by atoms with E-state index in [9.17, 15) is 67.1 Å². The van der Waals surface area contributed by atoms with Crippen molar-refractivity contribution in [2.75, 3.05) is 19.8 Å². The maximum atomic E-state index is 13.2. The molecule has 3 aliphatic rings. The van der Waals surface area contributed by atoms with Gasteiger partial charge in [-0.05, 0) is 0 Å². The van der Waals surface area contributed by atoms with Gasteiger partial charge in [-0.1, -0.05) is 0 Å². The predicted molar refractivity (Wildman–Crippen MR) is 253 cm³/mol. The van der Waals surface area contributed by atoms with Crippen LogP contribution < -0.4 is 0 Å². The second-order valence-electron chi connectivity index (χ2n) is 18.1. The molecule has 33 nitrogen and oxygen atoms in total. The average Bonchev–Trinajstić information content (AvgIpc) is 3.08. The van der Waals surface area contributed by atoms with Crippen LogP contribution in [0.4, 0.5) is 0 Å². The Morgan fingerprint density at radius 3 is 0.841 bits per heavy atom. The largest absolute Gasteiger partial charge is 0.462 e. The Bertz CT molecular complexity index is 2370. The van der Waals surface area contributed by atoms with Crippen molar-refractivity contribution < 1.29 is 157 Å². The Morgan fingerprint density at radius 2 is 0.524 bits per heavy atom. The van der Waals surface area contributed by atoms with E-state index < -0.39 is 214 Å². The molecule has 3 fully saturated rings. The van der Waals surface area contributed by atoms with E-state index in [0.717, 1.165) is 96.9 Å². The van der Waals surface area contributed by atoms with Crippen molar-refractivity contribution >= 4 is 83.6 Å². The molecule has 0 N–H and O–H groups in total. The van der Waals surface area contributed by atoms with Gasteiger partial charge in [0, 0.05) is 96.9 Å². The Hall–Kier alpha value is -7.62. The van der Waals surface area contributed by atoms with E-state index in [4.69, 9.17) is 90.0 Å². The summed E-state index contributed by atoms with van der Waals surface area (Å²) in [4.78, 5) is 178. The highest BCUT2D eigenvalue weighted by atomic mass is 16.8. The smallest absolute Gasteiger partial charge is 0.305 e. The van der Waals surface area contributed by atoms with E-state index in [0.29, 0.717) is 0 Å². The van der Waals surface area contributed by atoms with Crippen molar-refractivity contribution in [1.82, 2.24) is 0 Å². The van der Waals surface area contributed by atoms with Gasteiger partial charge in [0.2, 0.25) is 6.29 Å². The summed E-state index contributed by atoms with van der Waals surface area (Å²) in [6.07, 6.45) is -36.7. The number of hydrogen-bond donors (Lipinski definition) is 0. The lowest BCUT2D eigenvalue weighted by Gasteiger charge is -2.50. The molecular formula is C49H66O33. The lowest BCUT2D eigenvalue weighted by molar-refractivity contribution is -0.368. The molecule has 0 unspecified atom stereocenters. The second-order valence-corrected chi connectivity index (χ2v) is 18.1. The van der Waals surface area contributed by atoms with Crippen LogP contribution >= 0.6 is 0 Å². The molecule has 18 atom stereocenters. The third kappa shape index (κ3) is 21.4. The first-order chi connectivity index (χ1) is 38.2. The minimum Gasteiger partial charge on any atom is -0.462 e. The number of hydrogen-bond acceptors (Lipinski definition) is 33. The SMILES string of the molecule is CC(=O)OC[C@H](OC(C)=O)[C@H]1O[C@H](OC[C@H](OC(C)=O)[C@H]2O[C@H](O[C@H]3[C@H](OC(C)=O)[C@@H]([C@H](COC(C)=O)OC(C)=O)O[C@H](OC(C)=O)[C@H]3OC(C)=O)[C@@H](OC(C)=O)[C@@H](OC(C)=O)[C@@H]2OC(C)=O)[C@@H](OC(C)=O)[C@@H](OC(C)=O)[C@@H]1OC(C)=O. The van der Waals surface area contributed by atoms with Crippen molar-refractivity contribution in [1.29, 1.82) is 0 Å². The summed E-state index contributed by atoms with van der Waals surface area (Å²) in [6.45, 7) is 9.91. The molecule has 0 saturated carbocycles. The van der Waals surface area contributed by atoms with E-state index in [2.05, 4.69) is 0 Å². The molecule has 3 saturated heterocycles. The molecule has 3 rings (SSSR count). The normalized spacial score (nSPS) is 28.6. The Labute approximate surface area is 467 Å². The molecule has 0 aromatic carbocycles. The maximum absolute atomic E-state index is 13.2. The molecule has 0 aliphatic carbocycles. The summed E-state index contributed by atoms with van der Waals surface area (Å²) in [7, 11) is 0. The van der Waals surface area contributed by atoms with Crippen LogP contribution in [0.5, 0.6) is 0 Å². The van der Waals surface area contributed by atoms with Crippen LogP contribution in [0.1, 0.15) is 96.9 Å². The molecule has 3 heterocycles. The molecule has 0 aromatic rings. The highest BCUT2D eigenvalue weighted by Crippen LogP contribution is 2.39. The van der Waals surface area contributed by atoms with Crippen LogP contribution in [-0.4, -0.2) is 214 Å². The fraction of sp³-hybridized carbons (Fsp3) is 0.714. The minimum absolute atomic E-state index is 0.809. The molecule has 82 heavy (non-hydrogen) atoms. The molecule has 0 spiro atoms. The molecular weight excluding hydrogens is 1120 g/mol. The molecule has 33 heteroatoms. The minimum atomic E-state index is -2.37. The van der Waals surface area contributed by atoms with Gasteiger partial charge >= 0.3 is 83.6 Å². The van der Waals surface area contributed by atoms with Crippen LogP contribution in [0.15, 0.2) is 0 Å². The van der Waals surface area contributed by atoms with Crippen LogP contribution in [0.25, 0.3) is 0 Å². The third-order valence-electron chi connectivity index (χ3n) is 11.0. The van der Waals surface area contributed by atoms with Crippen molar-refractivity contribution in [3.8, 4) is 0 Å². The van der Waals surface area contributed by atoms with E-state index >= 15 is 0 Å². The van der Waals surface area contributed by atoms with Crippen molar-refractivity contribution in [2.45, 2.75) is 207 Å². The summed E-state index contributed by atoms with van der Waals surface area (Å²) in [6, 6.07) is 0. The van der Waals surface area contributed by atoms with Crippen LogP contribution in [0.3, 0.4) is 0 Å². The monoisotopic (exact) mass is 1180 g/mol. The zero-order valence-corrected chi connectivity index (χ0v) is 47.0. The van der Waals surface area contributed by atoms with Crippen LogP contribution in [-0.2, 0) is 157 Å². The second kappa shape index (κ2) is 31.6. The van der Waals surface area contributed by atoms with Gasteiger partial charge in [0.05, 0.1) is 6.61 Å². The van der Waals surface area contributed by atoms with E-state index in [1.54, 1.807) is 0 Å². The molecule has 3 aliphatic heterocycles. The maximum Gasteiger partial charge on any atom is 0.305 e. The molecule has 0 aromatic heterocycles. The fourth-order valence-electron chi connectivity index (χ4n) is 8.61. The molecule has 0 amide bonds. The third-order valence-corrected chi connectivity index (χ3v) is 11.0. The van der Waals surface area contributed by atoms with Gasteiger partial charge in [-0.2, -0.15) is 0 Å². The Balaban J connectivity index is 2.45. The van der Waals surface area contributed by atoms with Crippen LogP contribution in [0, 0.1) is 0 Å². The lowest BCUT2D eigenvalue weighted by atomic mass is 9.92. The topological polar surface area (TPSA) is 414 Å². The lowest BCUT2D eigenvalue weighted by Crippen LogP contribution is -2.69. The van der Waals surface area contributed by atoms with Gasteiger partial charge < -0.3 is 90.0 Å². The summed E-state index contributed by atoms with van der Waals surface area (Å²) < 4.78 is 108. The van der Waals surface area contributed by atoms with Crippen molar-refractivity contribution in [2.24, 2.45) is 0 Å². The zero-order valence-electron chi connectivity index (χ0n) is 47.0. The highest BCUT2D eigenvalue weighted by molar-refractivity contribution is 5.72. The summed E-state index contributed by atoms with van der Waals surface area (Å²) in [5.41, 5.74) is 0. The van der Waals surface area contributed by atoms with E-state index in [-0.39, 0.29) is 0 Å². The average molecular weight is 1180 g/mol. The van der Waals surface area contributed by atoms with Gasteiger partial charge in [0.25, 0.3) is 0 Å². The van der Waals surface area contributed by atoms with Gasteiger partial charge in [-0.3, -0.25) is 67.1 Å². The summed E-state index contributed by atoms with van der Waals surface area (Å²) >= 11 is 0. The number of carbonyl (C=O) groups excluding carboxylic acids is 14. The number of carbonyl (C=O) groups is 14. The van der Waals surface area contributed by atoms with Gasteiger partial charge in [0.1, 0.15) is 37.6 Å². The number of esters is 14. The van der Waals surface area contributed by atoms with Gasteiger partial charge in [-0.15, -0.1) is 0 Å². The Kier molecular flexibility index (Phi) is 26.4. The Morgan fingerprint density at radius 1 is 0.268 bits per heavy atom. The van der Waals surface area contributed by atoms with Gasteiger partial charge in [0.15, 0.2) is 79.7 Å².